The Balaban J connectivity index is 2.76. The molecule has 1 unspecified atom stereocenters. The molecule has 0 bridgehead atoms. The minimum Gasteiger partial charge on any atom is -0.460 e. The van der Waals surface area contributed by atoms with Crippen LogP contribution in [0.25, 0.3) is 0 Å². The van der Waals surface area contributed by atoms with Gasteiger partial charge in [0.2, 0.25) is 0 Å². The summed E-state index contributed by atoms with van der Waals surface area (Å²) in [6, 6.07) is 7.36. The quantitative estimate of drug-likeness (QED) is 0.700. The predicted octanol–water partition coefficient (Wildman–Crippen LogP) is 3.35. The largest absolute Gasteiger partial charge is 0.460 e. The Kier molecular flexibility index (Phi) is 4.47. The lowest BCUT2D eigenvalue weighted by Gasteiger charge is -2.14. The van der Waals surface area contributed by atoms with E-state index in [0.29, 0.717) is 11.5 Å². The van der Waals surface area contributed by atoms with Gasteiger partial charge >= 0.3 is 0 Å². The molecule has 1 rings (SSSR count). The van der Waals surface area contributed by atoms with E-state index >= 15 is 0 Å². The Morgan fingerprint density at radius 3 is 2.57 bits per heavy atom. The predicted molar refractivity (Wildman–Crippen MR) is 56.3 cm³/mol. The SMILES string of the molecule is CCCC(OC=O)c1ccc(Cl)cc1. The zero-order chi connectivity index (χ0) is 10.4. The third kappa shape index (κ3) is 3.04. The van der Waals surface area contributed by atoms with Crippen molar-refractivity contribution in [2.24, 2.45) is 0 Å². The van der Waals surface area contributed by atoms with Gasteiger partial charge in [-0.15, -0.1) is 0 Å². The average Bonchev–Trinajstić information content (AvgIpc) is 2.19. The van der Waals surface area contributed by atoms with E-state index in [2.05, 4.69) is 6.92 Å². The summed E-state index contributed by atoms with van der Waals surface area (Å²) in [7, 11) is 0. The maximum Gasteiger partial charge on any atom is 0.293 e. The van der Waals surface area contributed by atoms with Crippen LogP contribution < -0.4 is 0 Å². The summed E-state index contributed by atoms with van der Waals surface area (Å²) in [5, 5.41) is 0.690. The minimum atomic E-state index is -0.144. The van der Waals surface area contributed by atoms with Gasteiger partial charge in [0, 0.05) is 5.02 Å². The lowest BCUT2D eigenvalue weighted by atomic mass is 10.1. The highest BCUT2D eigenvalue weighted by atomic mass is 35.5. The molecule has 0 heterocycles. The van der Waals surface area contributed by atoms with E-state index in [9.17, 15) is 4.79 Å². The van der Waals surface area contributed by atoms with Crippen LogP contribution in [0.1, 0.15) is 31.4 Å². The summed E-state index contributed by atoms with van der Waals surface area (Å²) in [4.78, 5) is 10.3. The first-order valence-electron chi connectivity index (χ1n) is 4.62. The molecule has 0 N–H and O–H groups in total. The molecule has 0 aliphatic rings. The first-order chi connectivity index (χ1) is 6.77. The van der Waals surface area contributed by atoms with E-state index in [-0.39, 0.29) is 6.10 Å². The van der Waals surface area contributed by atoms with Gasteiger partial charge in [0.15, 0.2) is 0 Å². The fraction of sp³-hybridized carbons (Fsp3) is 0.364. The normalized spacial score (nSPS) is 12.1. The molecule has 2 nitrogen and oxygen atoms in total. The maximum atomic E-state index is 10.3. The smallest absolute Gasteiger partial charge is 0.293 e. The molecule has 3 heteroatoms. The van der Waals surface area contributed by atoms with Crippen molar-refractivity contribution in [2.45, 2.75) is 25.9 Å². The first-order valence-corrected chi connectivity index (χ1v) is 5.00. The minimum absolute atomic E-state index is 0.144. The number of rotatable bonds is 5. The number of hydrogen-bond donors (Lipinski definition) is 0. The second-order valence-corrected chi connectivity index (χ2v) is 3.50. The Bertz CT molecular complexity index is 282. The second-order valence-electron chi connectivity index (χ2n) is 3.06. The lowest BCUT2D eigenvalue weighted by molar-refractivity contribution is -0.134. The van der Waals surface area contributed by atoms with Gasteiger partial charge in [-0.3, -0.25) is 4.79 Å². The molecule has 0 aliphatic carbocycles. The van der Waals surface area contributed by atoms with Gasteiger partial charge in [0.1, 0.15) is 6.10 Å². The van der Waals surface area contributed by atoms with Gasteiger partial charge in [-0.05, 0) is 24.1 Å². The summed E-state index contributed by atoms with van der Waals surface area (Å²) in [5.74, 6) is 0. The van der Waals surface area contributed by atoms with Crippen molar-refractivity contribution >= 4 is 18.1 Å². The number of halogens is 1. The Labute approximate surface area is 88.8 Å². The van der Waals surface area contributed by atoms with E-state index in [1.165, 1.54) is 0 Å². The lowest BCUT2D eigenvalue weighted by Crippen LogP contribution is -2.02. The highest BCUT2D eigenvalue weighted by molar-refractivity contribution is 6.30. The molecule has 1 atom stereocenters. The zero-order valence-electron chi connectivity index (χ0n) is 8.07. The molecule has 0 spiro atoms. The van der Waals surface area contributed by atoms with E-state index in [1.807, 2.05) is 12.1 Å². The Morgan fingerprint density at radius 1 is 1.43 bits per heavy atom. The van der Waals surface area contributed by atoms with Crippen LogP contribution in [0.4, 0.5) is 0 Å². The molecule has 0 amide bonds. The summed E-state index contributed by atoms with van der Waals surface area (Å²) < 4.78 is 4.98. The molecule has 0 fully saturated rings. The van der Waals surface area contributed by atoms with Gasteiger partial charge in [-0.25, -0.2) is 0 Å². The fourth-order valence-electron chi connectivity index (χ4n) is 1.32. The molecule has 0 saturated carbocycles. The van der Waals surface area contributed by atoms with Gasteiger partial charge < -0.3 is 4.74 Å². The highest BCUT2D eigenvalue weighted by Gasteiger charge is 2.10. The van der Waals surface area contributed by atoms with Crippen molar-refractivity contribution in [2.75, 3.05) is 0 Å². The number of ether oxygens (including phenoxy) is 1. The summed E-state index contributed by atoms with van der Waals surface area (Å²) in [6.07, 6.45) is 1.66. The van der Waals surface area contributed by atoms with Gasteiger partial charge in [-0.2, -0.15) is 0 Å². The van der Waals surface area contributed by atoms with Crippen molar-refractivity contribution < 1.29 is 9.53 Å². The molecule has 0 radical (unpaired) electrons. The maximum absolute atomic E-state index is 10.3. The van der Waals surface area contributed by atoms with Crippen LogP contribution in [0.5, 0.6) is 0 Å². The molecule has 1 aromatic rings. The van der Waals surface area contributed by atoms with Crippen LogP contribution in [0.3, 0.4) is 0 Å². The van der Waals surface area contributed by atoms with Crippen molar-refractivity contribution in [3.8, 4) is 0 Å². The monoisotopic (exact) mass is 212 g/mol. The third-order valence-electron chi connectivity index (χ3n) is 2.01. The standard InChI is InChI=1S/C11H13ClO2/c1-2-3-11(14-8-13)9-4-6-10(12)7-5-9/h4-8,11H,2-3H2,1H3. The summed E-state index contributed by atoms with van der Waals surface area (Å²) in [6.45, 7) is 2.55. The van der Waals surface area contributed by atoms with Crippen LogP contribution >= 0.6 is 11.6 Å². The molecule has 0 aliphatic heterocycles. The highest BCUT2D eigenvalue weighted by Crippen LogP contribution is 2.23. The molecule has 14 heavy (non-hydrogen) atoms. The third-order valence-corrected chi connectivity index (χ3v) is 2.26. The van der Waals surface area contributed by atoms with Crippen LogP contribution in [0, 0.1) is 0 Å². The molecular formula is C11H13ClO2. The van der Waals surface area contributed by atoms with Crippen LogP contribution in [-0.2, 0) is 9.53 Å². The number of benzene rings is 1. The fourth-order valence-corrected chi connectivity index (χ4v) is 1.45. The molecule has 0 saturated heterocycles. The van der Waals surface area contributed by atoms with Gasteiger partial charge in [0.25, 0.3) is 6.47 Å². The molecule has 0 aromatic heterocycles. The summed E-state index contributed by atoms with van der Waals surface area (Å²) >= 11 is 5.76. The average molecular weight is 213 g/mol. The Hall–Kier alpha value is -1.02. The van der Waals surface area contributed by atoms with E-state index in [1.54, 1.807) is 12.1 Å². The van der Waals surface area contributed by atoms with Crippen LogP contribution in [0.2, 0.25) is 5.02 Å². The molecular weight excluding hydrogens is 200 g/mol. The topological polar surface area (TPSA) is 26.3 Å². The zero-order valence-corrected chi connectivity index (χ0v) is 8.83. The van der Waals surface area contributed by atoms with Crippen LogP contribution in [-0.4, -0.2) is 6.47 Å². The van der Waals surface area contributed by atoms with E-state index in [0.717, 1.165) is 18.4 Å². The molecule has 1 aromatic carbocycles. The molecule has 76 valence electrons. The van der Waals surface area contributed by atoms with Crippen molar-refractivity contribution in [1.29, 1.82) is 0 Å². The van der Waals surface area contributed by atoms with Crippen molar-refractivity contribution in [1.82, 2.24) is 0 Å². The van der Waals surface area contributed by atoms with Crippen LogP contribution in [0.15, 0.2) is 24.3 Å². The number of hydrogen-bond acceptors (Lipinski definition) is 2. The van der Waals surface area contributed by atoms with Gasteiger partial charge in [0.05, 0.1) is 0 Å². The van der Waals surface area contributed by atoms with Crippen molar-refractivity contribution in [3.63, 3.8) is 0 Å². The Morgan fingerprint density at radius 2 is 2.07 bits per heavy atom. The summed E-state index contributed by atoms with van der Waals surface area (Å²) in [5.41, 5.74) is 0.989. The second kappa shape index (κ2) is 5.66. The van der Waals surface area contributed by atoms with Gasteiger partial charge in [-0.1, -0.05) is 37.1 Å². The number of carbonyl (C=O) groups excluding carboxylic acids is 1. The first kappa shape index (κ1) is 11.1. The van der Waals surface area contributed by atoms with E-state index < -0.39 is 0 Å². The number of carbonyl (C=O) groups is 1. The van der Waals surface area contributed by atoms with E-state index in [4.69, 9.17) is 16.3 Å². The van der Waals surface area contributed by atoms with Crippen molar-refractivity contribution in [3.05, 3.63) is 34.9 Å².